The van der Waals surface area contributed by atoms with Crippen LogP contribution in [0.15, 0.2) is 6.20 Å². The van der Waals surface area contributed by atoms with Crippen LogP contribution in [0, 0.1) is 17.0 Å². The van der Waals surface area contributed by atoms with Crippen molar-refractivity contribution in [2.75, 3.05) is 25.9 Å². The van der Waals surface area contributed by atoms with Gasteiger partial charge in [0.05, 0.1) is 13.3 Å². The van der Waals surface area contributed by atoms with Crippen LogP contribution in [0.5, 0.6) is 5.88 Å². The van der Waals surface area contributed by atoms with Crippen LogP contribution in [0.3, 0.4) is 0 Å². The number of nitrogens with zero attached hydrogens (tertiary/aromatic N) is 2. The third-order valence-electron chi connectivity index (χ3n) is 1.37. The fraction of sp³-hybridized carbons (Fsp3) is 0.400. The normalized spacial score (nSPS) is 11.5. The summed E-state index contributed by atoms with van der Waals surface area (Å²) in [6.07, 6.45) is 7.23. The molecular weight excluding hydrogens is 215 g/mol. The van der Waals surface area contributed by atoms with Crippen LogP contribution in [0.1, 0.15) is 5.82 Å². The molecular formula is C10H13FN2OS. The minimum absolute atomic E-state index is 0.0711. The molecule has 15 heavy (non-hydrogen) atoms. The summed E-state index contributed by atoms with van der Waals surface area (Å²) in [4.78, 5) is 7.59. The molecule has 0 aliphatic carbocycles. The van der Waals surface area contributed by atoms with E-state index in [0.717, 1.165) is 6.20 Å². The number of halogens is 1. The number of aromatic nitrogens is 2. The van der Waals surface area contributed by atoms with Crippen molar-refractivity contribution in [3.8, 4) is 17.1 Å². The molecule has 82 valence electrons. The van der Waals surface area contributed by atoms with Gasteiger partial charge >= 0.3 is 0 Å². The van der Waals surface area contributed by atoms with Crippen LogP contribution in [0.2, 0.25) is 0 Å². The van der Waals surface area contributed by atoms with E-state index in [0.29, 0.717) is 0 Å². The average molecular weight is 228 g/mol. The van der Waals surface area contributed by atoms with Gasteiger partial charge in [0.2, 0.25) is 11.6 Å². The van der Waals surface area contributed by atoms with Crippen LogP contribution in [-0.4, -0.2) is 35.8 Å². The fourth-order valence-corrected chi connectivity index (χ4v) is 1.15. The van der Waals surface area contributed by atoms with Gasteiger partial charge in [-0.3, -0.25) is 0 Å². The first kappa shape index (κ1) is 11.8. The molecule has 0 fully saturated rings. The van der Waals surface area contributed by atoms with Crippen LogP contribution in [0.25, 0.3) is 0 Å². The van der Waals surface area contributed by atoms with E-state index in [-0.39, 0.29) is 11.7 Å². The summed E-state index contributed by atoms with van der Waals surface area (Å²) in [5, 5.41) is 3.04. The monoisotopic (exact) mass is 228 g/mol. The van der Waals surface area contributed by atoms with Gasteiger partial charge in [0.15, 0.2) is 0 Å². The van der Waals surface area contributed by atoms with E-state index < -0.39 is 15.8 Å². The van der Waals surface area contributed by atoms with E-state index in [2.05, 4.69) is 39.9 Å². The maximum Gasteiger partial charge on any atom is 0.254 e. The van der Waals surface area contributed by atoms with Gasteiger partial charge < -0.3 is 4.74 Å². The Bertz CT molecular complexity index is 418. The van der Waals surface area contributed by atoms with Crippen molar-refractivity contribution in [3.05, 3.63) is 17.8 Å². The Morgan fingerprint density at radius 2 is 2.07 bits per heavy atom. The van der Waals surface area contributed by atoms with Gasteiger partial charge in [0, 0.05) is 0 Å². The zero-order chi connectivity index (χ0) is 11.5. The first-order chi connectivity index (χ1) is 6.92. The van der Waals surface area contributed by atoms with E-state index in [4.69, 9.17) is 4.74 Å². The fourth-order valence-electron chi connectivity index (χ4n) is 0.754. The molecule has 0 N–H and O–H groups in total. The molecule has 0 saturated carbocycles. The van der Waals surface area contributed by atoms with Crippen molar-refractivity contribution in [2.45, 2.75) is 0 Å². The minimum atomic E-state index is -0.928. The molecule has 0 aromatic carbocycles. The van der Waals surface area contributed by atoms with Gasteiger partial charge in [0.25, 0.3) is 5.88 Å². The third-order valence-corrected chi connectivity index (χ3v) is 2.09. The number of hydrogen-bond acceptors (Lipinski definition) is 3. The summed E-state index contributed by atoms with van der Waals surface area (Å²) in [5.74, 6) is 2.44. The van der Waals surface area contributed by atoms with Gasteiger partial charge in [-0.05, 0) is 29.9 Å². The lowest BCUT2D eigenvalue weighted by atomic mass is 10.5. The maximum atomic E-state index is 13.0. The van der Waals surface area contributed by atoms with E-state index in [9.17, 15) is 4.39 Å². The van der Waals surface area contributed by atoms with Gasteiger partial charge in [-0.1, -0.05) is 0 Å². The molecule has 0 unspecified atom stereocenters. The van der Waals surface area contributed by atoms with Gasteiger partial charge in [-0.15, -0.1) is 0 Å². The largest absolute Gasteiger partial charge is 0.479 e. The quantitative estimate of drug-likeness (QED) is 0.685. The molecule has 1 aromatic heterocycles. The minimum Gasteiger partial charge on any atom is -0.479 e. The number of rotatable bonds is 1. The highest BCUT2D eigenvalue weighted by molar-refractivity contribution is 8.35. The molecule has 1 aromatic rings. The second-order valence-electron chi connectivity index (χ2n) is 3.62. The smallest absolute Gasteiger partial charge is 0.254 e. The lowest BCUT2D eigenvalue weighted by Crippen LogP contribution is -1.97. The molecule has 0 radical (unpaired) electrons. The molecule has 0 amide bonds. The Morgan fingerprint density at radius 3 is 2.60 bits per heavy atom. The Labute approximate surface area is 90.4 Å². The molecule has 0 atom stereocenters. The molecule has 0 aliphatic rings. The molecule has 3 nitrogen and oxygen atoms in total. The number of hydrogen-bond donors (Lipinski definition) is 0. The molecule has 1 rings (SSSR count). The first-order valence-electron chi connectivity index (χ1n) is 4.20. The highest BCUT2D eigenvalue weighted by Gasteiger charge is 2.05. The maximum absolute atomic E-state index is 13.0. The van der Waals surface area contributed by atoms with Crippen molar-refractivity contribution in [1.29, 1.82) is 0 Å². The van der Waals surface area contributed by atoms with Gasteiger partial charge in [-0.2, -0.15) is 19.4 Å². The molecule has 0 bridgehead atoms. The summed E-state index contributed by atoms with van der Waals surface area (Å²) in [6.45, 7) is 0. The van der Waals surface area contributed by atoms with Gasteiger partial charge in [0.1, 0.15) is 0 Å². The summed E-state index contributed by atoms with van der Waals surface area (Å²) in [6, 6.07) is 0. The van der Waals surface area contributed by atoms with Gasteiger partial charge in [-0.25, -0.2) is 4.98 Å². The Hall–Kier alpha value is -1.28. The highest BCUT2D eigenvalue weighted by atomic mass is 32.3. The third kappa shape index (κ3) is 3.76. The molecule has 0 aliphatic heterocycles. The zero-order valence-electron chi connectivity index (χ0n) is 9.17. The number of ether oxygens (including phenoxy) is 1. The molecule has 0 spiro atoms. The SMILES string of the molecule is COc1nc(C#CS(C)(C)C)ncc1F. The first-order valence-corrected chi connectivity index (χ1v) is 7.06. The average Bonchev–Trinajstić information content (AvgIpc) is 2.15. The predicted octanol–water partition coefficient (Wildman–Crippen LogP) is 1.63. The summed E-state index contributed by atoms with van der Waals surface area (Å²) in [5.41, 5.74) is 0. The molecule has 1 heterocycles. The lowest BCUT2D eigenvalue weighted by molar-refractivity contribution is 0.366. The van der Waals surface area contributed by atoms with Crippen molar-refractivity contribution >= 4 is 10.0 Å². The van der Waals surface area contributed by atoms with Crippen molar-refractivity contribution in [1.82, 2.24) is 9.97 Å². The summed E-state index contributed by atoms with van der Waals surface area (Å²) < 4.78 is 17.7. The van der Waals surface area contributed by atoms with Crippen LogP contribution >= 0.6 is 10.0 Å². The Balaban J connectivity index is 3.01. The second-order valence-corrected chi connectivity index (χ2v) is 7.49. The molecule has 0 saturated heterocycles. The van der Waals surface area contributed by atoms with E-state index in [1.807, 2.05) is 0 Å². The second kappa shape index (κ2) is 4.49. The van der Waals surface area contributed by atoms with E-state index in [1.165, 1.54) is 7.11 Å². The zero-order valence-corrected chi connectivity index (χ0v) is 9.98. The van der Waals surface area contributed by atoms with Crippen molar-refractivity contribution in [3.63, 3.8) is 0 Å². The highest BCUT2D eigenvalue weighted by Crippen LogP contribution is 2.32. The number of methoxy groups -OCH3 is 1. The Kier molecular flexibility index (Phi) is 3.53. The topological polar surface area (TPSA) is 35.0 Å². The lowest BCUT2D eigenvalue weighted by Gasteiger charge is -2.14. The van der Waals surface area contributed by atoms with E-state index >= 15 is 0 Å². The summed E-state index contributed by atoms with van der Waals surface area (Å²) >= 11 is 0. The van der Waals surface area contributed by atoms with Crippen molar-refractivity contribution < 1.29 is 9.13 Å². The standard InChI is InChI=1S/C10H13FN2OS/c1-14-10-8(11)7-12-9(13-10)5-6-15(2,3)4/h7H,1-4H3. The predicted molar refractivity (Wildman–Crippen MR) is 60.8 cm³/mol. The molecule has 5 heteroatoms. The van der Waals surface area contributed by atoms with Crippen molar-refractivity contribution in [2.24, 2.45) is 0 Å². The van der Waals surface area contributed by atoms with Crippen LogP contribution in [0.4, 0.5) is 4.39 Å². The Morgan fingerprint density at radius 1 is 1.40 bits per heavy atom. The van der Waals surface area contributed by atoms with Crippen LogP contribution in [-0.2, 0) is 0 Å². The van der Waals surface area contributed by atoms with Crippen LogP contribution < -0.4 is 4.74 Å². The van der Waals surface area contributed by atoms with E-state index in [1.54, 1.807) is 0 Å². The summed E-state index contributed by atoms with van der Waals surface area (Å²) in [7, 11) is 0.431.